The minimum Gasteiger partial charge on any atom is -0.310 e. The summed E-state index contributed by atoms with van der Waals surface area (Å²) in [4.78, 5) is 0. The Bertz CT molecular complexity index is 348. The van der Waals surface area contributed by atoms with E-state index in [1.54, 1.807) is 0 Å². The third kappa shape index (κ3) is 1.74. The van der Waals surface area contributed by atoms with Crippen molar-refractivity contribution in [1.82, 2.24) is 5.32 Å². The normalized spacial score (nSPS) is 21.5. The first-order chi connectivity index (χ1) is 6.68. The van der Waals surface area contributed by atoms with Crippen LogP contribution in [0, 0.1) is 11.6 Å². The summed E-state index contributed by atoms with van der Waals surface area (Å²) in [5.74, 6) is -1.26. The Morgan fingerprint density at radius 3 is 2.79 bits per heavy atom. The van der Waals surface area contributed by atoms with Crippen molar-refractivity contribution in [3.8, 4) is 0 Å². The van der Waals surface area contributed by atoms with E-state index in [2.05, 4.69) is 5.32 Å². The van der Waals surface area contributed by atoms with Gasteiger partial charge in [-0.3, -0.25) is 0 Å². The monoisotopic (exact) mass is 217 g/mol. The van der Waals surface area contributed by atoms with E-state index in [-0.39, 0.29) is 11.1 Å². The van der Waals surface area contributed by atoms with Gasteiger partial charge in [-0.05, 0) is 31.0 Å². The summed E-state index contributed by atoms with van der Waals surface area (Å²) in [6, 6.07) is 2.10. The molecule has 0 saturated carbocycles. The van der Waals surface area contributed by atoms with Crippen molar-refractivity contribution in [2.45, 2.75) is 18.9 Å². The van der Waals surface area contributed by atoms with Gasteiger partial charge in [0.05, 0.1) is 5.02 Å². The smallest absolute Gasteiger partial charge is 0.145 e. The fourth-order valence-corrected chi connectivity index (χ4v) is 2.02. The van der Waals surface area contributed by atoms with Gasteiger partial charge in [-0.25, -0.2) is 8.78 Å². The second kappa shape index (κ2) is 3.83. The Balaban J connectivity index is 2.40. The van der Waals surface area contributed by atoms with E-state index < -0.39 is 11.6 Å². The number of hydrogen-bond acceptors (Lipinski definition) is 1. The van der Waals surface area contributed by atoms with Gasteiger partial charge in [0.1, 0.15) is 11.6 Å². The molecule has 0 amide bonds. The Labute approximate surface area is 86.1 Å². The maximum atomic E-state index is 13.1. The van der Waals surface area contributed by atoms with Crippen molar-refractivity contribution < 1.29 is 8.78 Å². The molecule has 1 aliphatic rings. The van der Waals surface area contributed by atoms with Crippen molar-refractivity contribution in [3.05, 3.63) is 34.4 Å². The second-order valence-electron chi connectivity index (χ2n) is 3.44. The first-order valence-electron chi connectivity index (χ1n) is 4.56. The molecule has 1 saturated heterocycles. The molecule has 4 heteroatoms. The summed E-state index contributed by atoms with van der Waals surface area (Å²) in [5, 5.41) is 3.18. The lowest BCUT2D eigenvalue weighted by Gasteiger charge is -2.12. The number of nitrogens with one attached hydrogen (secondary N) is 1. The van der Waals surface area contributed by atoms with Crippen LogP contribution in [0.4, 0.5) is 8.78 Å². The lowest BCUT2D eigenvalue weighted by Crippen LogP contribution is -2.14. The van der Waals surface area contributed by atoms with Crippen LogP contribution in [0.1, 0.15) is 24.4 Å². The van der Waals surface area contributed by atoms with Gasteiger partial charge < -0.3 is 5.32 Å². The van der Waals surface area contributed by atoms with Crippen LogP contribution in [0.15, 0.2) is 12.1 Å². The topological polar surface area (TPSA) is 12.0 Å². The highest BCUT2D eigenvalue weighted by molar-refractivity contribution is 6.31. The first-order valence-corrected chi connectivity index (χ1v) is 4.94. The Morgan fingerprint density at radius 1 is 1.36 bits per heavy atom. The van der Waals surface area contributed by atoms with E-state index in [1.165, 1.54) is 6.07 Å². The molecule has 1 aromatic carbocycles. The van der Waals surface area contributed by atoms with Crippen LogP contribution in [0.5, 0.6) is 0 Å². The Kier molecular flexibility index (Phi) is 2.70. The molecule has 1 aliphatic heterocycles. The highest BCUT2D eigenvalue weighted by Gasteiger charge is 2.21. The average Bonchev–Trinajstić information content (AvgIpc) is 2.63. The molecule has 1 unspecified atom stereocenters. The quantitative estimate of drug-likeness (QED) is 0.713. The van der Waals surface area contributed by atoms with E-state index in [1.807, 2.05) is 0 Å². The molecule has 0 bridgehead atoms. The maximum Gasteiger partial charge on any atom is 0.145 e. The van der Waals surface area contributed by atoms with Crippen molar-refractivity contribution in [3.63, 3.8) is 0 Å². The van der Waals surface area contributed by atoms with Crippen LogP contribution in [0.2, 0.25) is 5.02 Å². The second-order valence-corrected chi connectivity index (χ2v) is 3.82. The van der Waals surface area contributed by atoms with Crippen molar-refractivity contribution in [2.75, 3.05) is 6.54 Å². The van der Waals surface area contributed by atoms with Gasteiger partial charge in [0.15, 0.2) is 0 Å². The van der Waals surface area contributed by atoms with Gasteiger partial charge in [0.2, 0.25) is 0 Å². The Hall–Kier alpha value is -0.670. The lowest BCUT2D eigenvalue weighted by atomic mass is 10.1. The number of halogens is 3. The lowest BCUT2D eigenvalue weighted by molar-refractivity contribution is 0.566. The third-order valence-electron chi connectivity index (χ3n) is 2.46. The molecule has 2 rings (SSSR count). The molecule has 14 heavy (non-hydrogen) atoms. The van der Waals surface area contributed by atoms with Gasteiger partial charge in [-0.15, -0.1) is 0 Å². The van der Waals surface area contributed by atoms with Crippen molar-refractivity contribution >= 4 is 11.6 Å². The third-order valence-corrected chi connectivity index (χ3v) is 2.86. The Morgan fingerprint density at radius 2 is 2.14 bits per heavy atom. The number of hydrogen-bond donors (Lipinski definition) is 1. The first kappa shape index (κ1) is 9.87. The summed E-state index contributed by atoms with van der Waals surface area (Å²) in [6.45, 7) is 0.874. The highest BCUT2D eigenvalue weighted by atomic mass is 35.5. The molecule has 0 radical (unpaired) electrons. The van der Waals surface area contributed by atoms with E-state index in [0.717, 1.165) is 25.5 Å². The average molecular weight is 218 g/mol. The summed E-state index contributed by atoms with van der Waals surface area (Å²) in [6.07, 6.45) is 1.89. The molecule has 1 heterocycles. The van der Waals surface area contributed by atoms with Gasteiger partial charge in [-0.1, -0.05) is 11.6 Å². The zero-order valence-electron chi connectivity index (χ0n) is 7.49. The molecular formula is C10H10ClF2N. The highest BCUT2D eigenvalue weighted by Crippen LogP contribution is 2.31. The fraction of sp³-hybridized carbons (Fsp3) is 0.400. The molecule has 0 spiro atoms. The van der Waals surface area contributed by atoms with Crippen LogP contribution in [-0.2, 0) is 0 Å². The van der Waals surface area contributed by atoms with Gasteiger partial charge >= 0.3 is 0 Å². The molecule has 1 nitrogen and oxygen atoms in total. The summed E-state index contributed by atoms with van der Waals surface area (Å²) >= 11 is 5.76. The summed E-state index contributed by atoms with van der Waals surface area (Å²) in [5.41, 5.74) is 0.529. The fourth-order valence-electron chi connectivity index (χ4n) is 1.78. The van der Waals surface area contributed by atoms with Gasteiger partial charge in [0, 0.05) is 12.1 Å². The predicted octanol–water partition coefficient (Wildman–Crippen LogP) is 3.04. The molecule has 76 valence electrons. The minimum absolute atomic E-state index is 0.00676. The van der Waals surface area contributed by atoms with Gasteiger partial charge in [0.25, 0.3) is 0 Å². The number of rotatable bonds is 1. The van der Waals surface area contributed by atoms with E-state index in [4.69, 9.17) is 11.6 Å². The van der Waals surface area contributed by atoms with Crippen LogP contribution in [0.3, 0.4) is 0 Å². The molecule has 0 aliphatic carbocycles. The summed E-state index contributed by atoms with van der Waals surface area (Å²) < 4.78 is 26.0. The van der Waals surface area contributed by atoms with Crippen molar-refractivity contribution in [2.24, 2.45) is 0 Å². The van der Waals surface area contributed by atoms with Crippen molar-refractivity contribution in [1.29, 1.82) is 0 Å². The molecule has 1 fully saturated rings. The van der Waals surface area contributed by atoms with Crippen LogP contribution < -0.4 is 5.32 Å². The van der Waals surface area contributed by atoms with Crippen LogP contribution in [0.25, 0.3) is 0 Å². The molecule has 1 N–H and O–H groups in total. The molecule has 1 aromatic rings. The zero-order valence-corrected chi connectivity index (χ0v) is 8.24. The maximum absolute atomic E-state index is 13.1. The summed E-state index contributed by atoms with van der Waals surface area (Å²) in [7, 11) is 0. The molecule has 1 atom stereocenters. The predicted molar refractivity (Wildman–Crippen MR) is 51.3 cm³/mol. The SMILES string of the molecule is Fc1cc(F)c(Cl)c(C2CCCN2)c1. The van der Waals surface area contributed by atoms with Crippen LogP contribution >= 0.6 is 11.6 Å². The van der Waals surface area contributed by atoms with Crippen LogP contribution in [-0.4, -0.2) is 6.54 Å². The van der Waals surface area contributed by atoms with E-state index in [0.29, 0.717) is 5.56 Å². The van der Waals surface area contributed by atoms with E-state index >= 15 is 0 Å². The molecule has 0 aromatic heterocycles. The molecular weight excluding hydrogens is 208 g/mol. The number of benzene rings is 1. The van der Waals surface area contributed by atoms with Gasteiger partial charge in [-0.2, -0.15) is 0 Å². The minimum atomic E-state index is -0.685. The van der Waals surface area contributed by atoms with E-state index in [9.17, 15) is 8.78 Å². The largest absolute Gasteiger partial charge is 0.310 e. The zero-order chi connectivity index (χ0) is 10.1. The standard InChI is InChI=1S/C10H10ClF2N/c11-10-7(9-2-1-3-14-9)4-6(12)5-8(10)13/h4-5,9,14H,1-3H2.